The third-order valence-corrected chi connectivity index (χ3v) is 6.71. The quantitative estimate of drug-likeness (QED) is 0.391. The van der Waals surface area contributed by atoms with Gasteiger partial charge in [0.2, 0.25) is 9.84 Å². The number of anilines is 1. The fourth-order valence-electron chi connectivity index (χ4n) is 3.46. The van der Waals surface area contributed by atoms with Gasteiger partial charge >= 0.3 is 12.4 Å². The normalized spacial score (nSPS) is 16.1. The maximum absolute atomic E-state index is 13.0. The van der Waals surface area contributed by atoms with Gasteiger partial charge in [-0.2, -0.15) is 26.3 Å². The molecule has 34 heavy (non-hydrogen) atoms. The second-order valence-corrected chi connectivity index (χ2v) is 9.29. The van der Waals surface area contributed by atoms with Gasteiger partial charge in [-0.15, -0.1) is 0 Å². The Hall–Kier alpha value is -2.75. The molecule has 0 unspecified atom stereocenters. The zero-order chi connectivity index (χ0) is 25.2. The average molecular weight is 506 g/mol. The molecule has 3 rings (SSSR count). The maximum atomic E-state index is 13.0. The number of sulfone groups is 1. The van der Waals surface area contributed by atoms with Crippen LogP contribution in [-0.2, 0) is 15.4 Å². The zero-order valence-electron chi connectivity index (χ0n) is 17.6. The van der Waals surface area contributed by atoms with Crippen molar-refractivity contribution in [2.75, 3.05) is 37.6 Å². The fourth-order valence-corrected chi connectivity index (χ4v) is 4.35. The minimum Gasteiger partial charge on any atom is -0.369 e. The number of hydrogen-bond acceptors (Lipinski definition) is 5. The molecule has 1 fully saturated rings. The molecule has 1 saturated heterocycles. The second kappa shape index (κ2) is 9.48. The Morgan fingerprint density at radius 1 is 0.824 bits per heavy atom. The van der Waals surface area contributed by atoms with E-state index in [4.69, 9.17) is 0 Å². The van der Waals surface area contributed by atoms with E-state index >= 15 is 0 Å². The van der Waals surface area contributed by atoms with Crippen LogP contribution in [0.4, 0.5) is 32.0 Å². The van der Waals surface area contributed by atoms with Gasteiger partial charge in [0.1, 0.15) is 0 Å². The van der Waals surface area contributed by atoms with E-state index in [0.29, 0.717) is 44.0 Å². The van der Waals surface area contributed by atoms with Crippen molar-refractivity contribution >= 4 is 15.5 Å². The summed E-state index contributed by atoms with van der Waals surface area (Å²) in [4.78, 5) is 3.73. The predicted molar refractivity (Wildman–Crippen MR) is 113 cm³/mol. The topological polar surface area (TPSA) is 60.9 Å². The molecule has 0 aliphatic carbocycles. The summed E-state index contributed by atoms with van der Waals surface area (Å²) in [5.74, 6) is 2.63. The summed E-state index contributed by atoms with van der Waals surface area (Å²) in [6, 6.07) is 11.2. The molecule has 1 heterocycles. The molecule has 2 aromatic rings. The summed E-state index contributed by atoms with van der Waals surface area (Å²) in [6.45, 7) is 1.89. The maximum Gasteiger partial charge on any atom is 0.430 e. The van der Waals surface area contributed by atoms with Crippen LogP contribution >= 0.6 is 0 Å². The molecule has 12 heteroatoms. The van der Waals surface area contributed by atoms with E-state index < -0.39 is 33.4 Å². The van der Waals surface area contributed by atoms with E-state index in [1.807, 2.05) is 4.90 Å². The van der Waals surface area contributed by atoms with Crippen molar-refractivity contribution in [3.63, 3.8) is 0 Å². The Balaban J connectivity index is 1.62. The van der Waals surface area contributed by atoms with Crippen molar-refractivity contribution in [2.45, 2.75) is 22.8 Å². The molecule has 0 aromatic heterocycles. The van der Waals surface area contributed by atoms with E-state index in [2.05, 4.69) is 11.2 Å². The molecule has 1 aliphatic heterocycles. The first-order valence-electron chi connectivity index (χ1n) is 9.99. The third-order valence-electron chi connectivity index (χ3n) is 5.41. The van der Waals surface area contributed by atoms with Gasteiger partial charge in [-0.05, 0) is 24.3 Å². The average Bonchev–Trinajstić information content (AvgIpc) is 2.78. The molecule has 1 N–H and O–H groups in total. The molecule has 0 atom stereocenters. The van der Waals surface area contributed by atoms with Gasteiger partial charge in [0.25, 0.3) is 5.60 Å². The standard InChI is InChI=1S/C22H20F6N2O3S/c23-21(24,25)20(31,22(26,27)28)17-7-9-18(10-8-17)30-14-12-29(13-15-30)11-4-16-34(32,33)19-5-2-1-3-6-19/h1-3,5-10,31H,11-15H2. The summed E-state index contributed by atoms with van der Waals surface area (Å²) < 4.78 is 102. The van der Waals surface area contributed by atoms with Crippen LogP contribution in [0.1, 0.15) is 5.56 Å². The Morgan fingerprint density at radius 3 is 1.85 bits per heavy atom. The van der Waals surface area contributed by atoms with Gasteiger partial charge in [0.15, 0.2) is 0 Å². The monoisotopic (exact) mass is 506 g/mol. The van der Waals surface area contributed by atoms with Crippen LogP contribution in [0, 0.1) is 11.2 Å². The van der Waals surface area contributed by atoms with Crippen molar-refractivity contribution in [1.82, 2.24) is 4.90 Å². The van der Waals surface area contributed by atoms with Crippen molar-refractivity contribution in [3.05, 3.63) is 60.2 Å². The van der Waals surface area contributed by atoms with Crippen LogP contribution in [0.3, 0.4) is 0 Å². The summed E-state index contributed by atoms with van der Waals surface area (Å²) in [7, 11) is -3.73. The summed E-state index contributed by atoms with van der Waals surface area (Å²) in [6.07, 6.45) is -11.9. The highest BCUT2D eigenvalue weighted by Crippen LogP contribution is 2.50. The first kappa shape index (κ1) is 25.9. The Bertz CT molecular complexity index is 1130. The summed E-state index contributed by atoms with van der Waals surface area (Å²) in [5.41, 5.74) is -5.88. The van der Waals surface area contributed by atoms with Crippen LogP contribution in [-0.4, -0.2) is 63.5 Å². The Morgan fingerprint density at radius 2 is 1.35 bits per heavy atom. The number of aliphatic hydroxyl groups is 1. The lowest BCUT2D eigenvalue weighted by Crippen LogP contribution is -2.53. The van der Waals surface area contributed by atoms with E-state index in [1.54, 1.807) is 23.1 Å². The smallest absolute Gasteiger partial charge is 0.369 e. The van der Waals surface area contributed by atoms with Crippen LogP contribution < -0.4 is 4.90 Å². The first-order valence-corrected chi connectivity index (χ1v) is 11.5. The first-order chi connectivity index (χ1) is 15.8. The third kappa shape index (κ3) is 5.32. The highest BCUT2D eigenvalue weighted by molar-refractivity contribution is 7.96. The van der Waals surface area contributed by atoms with Gasteiger partial charge in [0, 0.05) is 42.7 Å². The molecule has 0 amide bonds. The Labute approximate surface area is 192 Å². The highest BCUT2D eigenvalue weighted by Gasteiger charge is 2.71. The number of rotatable bonds is 4. The van der Waals surface area contributed by atoms with Crippen LogP contribution in [0.15, 0.2) is 59.5 Å². The minimum absolute atomic E-state index is 0.0960. The molecule has 1 aliphatic rings. The Kier molecular flexibility index (Phi) is 7.21. The van der Waals surface area contributed by atoms with Gasteiger partial charge < -0.3 is 10.0 Å². The number of benzene rings is 2. The minimum atomic E-state index is -5.94. The van der Waals surface area contributed by atoms with E-state index in [-0.39, 0.29) is 11.4 Å². The molecular formula is C22H20F6N2O3S. The molecule has 184 valence electrons. The van der Waals surface area contributed by atoms with Crippen molar-refractivity contribution < 1.29 is 39.9 Å². The molecule has 2 aromatic carbocycles. The van der Waals surface area contributed by atoms with Crippen LogP contribution in [0.5, 0.6) is 0 Å². The van der Waals surface area contributed by atoms with Gasteiger partial charge in [-0.1, -0.05) is 36.3 Å². The number of alkyl halides is 6. The van der Waals surface area contributed by atoms with E-state index in [1.165, 1.54) is 12.1 Å². The van der Waals surface area contributed by atoms with Crippen LogP contribution in [0.2, 0.25) is 0 Å². The van der Waals surface area contributed by atoms with Gasteiger partial charge in [0.05, 0.1) is 11.4 Å². The lowest BCUT2D eigenvalue weighted by atomic mass is 9.92. The molecule has 5 nitrogen and oxygen atoms in total. The largest absolute Gasteiger partial charge is 0.430 e. The molecule has 0 radical (unpaired) electrons. The number of hydrogen-bond donors (Lipinski definition) is 1. The van der Waals surface area contributed by atoms with Crippen molar-refractivity contribution in [1.29, 1.82) is 0 Å². The molecule has 0 saturated carbocycles. The lowest BCUT2D eigenvalue weighted by molar-refractivity contribution is -0.376. The molecular weight excluding hydrogens is 486 g/mol. The number of nitrogens with zero attached hydrogens (tertiary/aromatic N) is 2. The fraction of sp³-hybridized carbons (Fsp3) is 0.364. The SMILES string of the molecule is O=S(=O)(C#CCN1CCN(c2ccc(C(O)(C(F)(F)F)C(F)(F)F)cc2)CC1)c1ccccc1. The highest BCUT2D eigenvalue weighted by atomic mass is 32.2. The number of piperazine rings is 1. The predicted octanol–water partition coefficient (Wildman–Crippen LogP) is 3.56. The van der Waals surface area contributed by atoms with Crippen molar-refractivity contribution in [3.8, 4) is 11.2 Å². The van der Waals surface area contributed by atoms with Gasteiger partial charge in [-0.25, -0.2) is 8.42 Å². The second-order valence-electron chi connectivity index (χ2n) is 7.61. The lowest BCUT2D eigenvalue weighted by Gasteiger charge is -2.36. The summed E-state index contributed by atoms with van der Waals surface area (Å²) >= 11 is 0. The number of halogens is 6. The molecule has 0 bridgehead atoms. The van der Waals surface area contributed by atoms with E-state index in [9.17, 15) is 39.9 Å². The van der Waals surface area contributed by atoms with Crippen LogP contribution in [0.25, 0.3) is 0 Å². The zero-order valence-corrected chi connectivity index (χ0v) is 18.4. The molecule has 0 spiro atoms. The van der Waals surface area contributed by atoms with E-state index in [0.717, 1.165) is 12.1 Å². The summed E-state index contributed by atoms with van der Waals surface area (Å²) in [5, 5.41) is 11.7. The van der Waals surface area contributed by atoms with Gasteiger partial charge in [-0.3, -0.25) is 4.90 Å². The van der Waals surface area contributed by atoms with Crippen molar-refractivity contribution in [2.24, 2.45) is 0 Å².